The average Bonchev–Trinajstić information content (AvgIpc) is 2.51. The topological polar surface area (TPSA) is 40.5 Å². The predicted molar refractivity (Wildman–Crippen MR) is 67.4 cm³/mol. The molecule has 0 saturated carbocycles. The number of carbonyl (C=O) groups excluding carboxylic acids is 1. The Bertz CT molecular complexity index is 430. The Kier molecular flexibility index (Phi) is 3.03. The minimum Gasteiger partial charge on any atom is -0.393 e. The van der Waals surface area contributed by atoms with Crippen LogP contribution in [0.4, 0.5) is 0 Å². The van der Waals surface area contributed by atoms with Crippen LogP contribution in [0.1, 0.15) is 36.2 Å². The van der Waals surface area contributed by atoms with Crippen molar-refractivity contribution in [3.05, 3.63) is 42.0 Å². The number of aliphatic hydroxyl groups is 1. The second kappa shape index (κ2) is 4.34. The highest BCUT2D eigenvalue weighted by Crippen LogP contribution is 2.33. The minimum atomic E-state index is -0.422. The van der Waals surface area contributed by atoms with Gasteiger partial charge in [0.05, 0.1) is 6.10 Å². The predicted octanol–water partition coefficient (Wildman–Crippen LogP) is 2.27. The number of rotatable bonds is 3. The monoisotopic (exact) mass is 231 g/mol. The molecule has 1 N–H and O–H groups in total. The zero-order chi connectivity index (χ0) is 12.6. The van der Waals surface area contributed by atoms with Gasteiger partial charge in [0, 0.05) is 22.9 Å². The molecule has 0 saturated heterocycles. The van der Waals surface area contributed by atoms with E-state index in [2.05, 4.69) is 6.58 Å². The van der Waals surface area contributed by atoms with Crippen LogP contribution in [0.25, 0.3) is 5.70 Å². The molecule has 0 spiro atoms. The van der Waals surface area contributed by atoms with Crippen molar-refractivity contribution in [1.29, 1.82) is 0 Å². The first-order valence-electron chi connectivity index (χ1n) is 5.82. The summed E-state index contributed by atoms with van der Waals surface area (Å²) in [6.45, 7) is 7.64. The van der Waals surface area contributed by atoms with Gasteiger partial charge in [0.15, 0.2) is 0 Å². The Morgan fingerprint density at radius 1 is 1.29 bits per heavy atom. The van der Waals surface area contributed by atoms with Gasteiger partial charge in [0.1, 0.15) is 0 Å². The fraction of sp³-hybridized carbons (Fsp3) is 0.357. The zero-order valence-corrected chi connectivity index (χ0v) is 10.2. The molecule has 2 rings (SSSR count). The van der Waals surface area contributed by atoms with E-state index in [1.165, 1.54) is 0 Å². The van der Waals surface area contributed by atoms with Gasteiger partial charge in [0.25, 0.3) is 5.91 Å². The highest BCUT2D eigenvalue weighted by Gasteiger charge is 2.33. The molecule has 2 unspecified atom stereocenters. The number of carbonyl (C=O) groups is 1. The smallest absolute Gasteiger partial charge is 0.259 e. The summed E-state index contributed by atoms with van der Waals surface area (Å²) in [5.41, 5.74) is 2.34. The molecule has 1 aromatic carbocycles. The summed E-state index contributed by atoms with van der Waals surface area (Å²) in [5.74, 6) is -0.0150. The summed E-state index contributed by atoms with van der Waals surface area (Å²) in [6.07, 6.45) is 0.132. The molecular formula is C14H17NO2. The van der Waals surface area contributed by atoms with Gasteiger partial charge in [-0.25, -0.2) is 0 Å². The number of amides is 1. The molecule has 0 aromatic heterocycles. The van der Waals surface area contributed by atoms with E-state index in [0.29, 0.717) is 12.0 Å². The van der Waals surface area contributed by atoms with Crippen LogP contribution >= 0.6 is 0 Å². The van der Waals surface area contributed by atoms with Crippen molar-refractivity contribution >= 4 is 11.6 Å². The molecule has 3 heteroatoms. The van der Waals surface area contributed by atoms with E-state index in [-0.39, 0.29) is 11.9 Å². The van der Waals surface area contributed by atoms with Crippen LogP contribution in [0, 0.1) is 0 Å². The highest BCUT2D eigenvalue weighted by molar-refractivity contribution is 6.08. The molecule has 1 amide bonds. The summed E-state index contributed by atoms with van der Waals surface area (Å²) in [4.78, 5) is 13.9. The quantitative estimate of drug-likeness (QED) is 0.867. The molecule has 90 valence electrons. The molecule has 0 aliphatic carbocycles. The summed E-state index contributed by atoms with van der Waals surface area (Å²) in [5, 5.41) is 9.40. The molecule has 1 aromatic rings. The van der Waals surface area contributed by atoms with E-state index in [9.17, 15) is 9.90 Å². The van der Waals surface area contributed by atoms with Crippen molar-refractivity contribution in [2.24, 2.45) is 0 Å². The van der Waals surface area contributed by atoms with Crippen LogP contribution in [0.5, 0.6) is 0 Å². The van der Waals surface area contributed by atoms with Crippen LogP contribution in [0.3, 0.4) is 0 Å². The third kappa shape index (κ3) is 1.98. The van der Waals surface area contributed by atoms with Gasteiger partial charge in [-0.1, -0.05) is 24.8 Å². The molecule has 1 heterocycles. The molecule has 1 aliphatic rings. The van der Waals surface area contributed by atoms with E-state index in [4.69, 9.17) is 0 Å². The lowest BCUT2D eigenvalue weighted by Gasteiger charge is -2.26. The molecule has 0 radical (unpaired) electrons. The largest absolute Gasteiger partial charge is 0.393 e. The third-order valence-electron chi connectivity index (χ3n) is 3.10. The van der Waals surface area contributed by atoms with Crippen LogP contribution in [-0.2, 0) is 0 Å². The maximum Gasteiger partial charge on any atom is 0.259 e. The maximum atomic E-state index is 12.2. The van der Waals surface area contributed by atoms with Gasteiger partial charge in [-0.3, -0.25) is 4.79 Å². The van der Waals surface area contributed by atoms with Gasteiger partial charge in [-0.05, 0) is 26.3 Å². The van der Waals surface area contributed by atoms with Crippen molar-refractivity contribution in [3.63, 3.8) is 0 Å². The van der Waals surface area contributed by atoms with E-state index in [1.807, 2.05) is 31.2 Å². The number of hydrogen-bond acceptors (Lipinski definition) is 2. The Labute approximate surface area is 101 Å². The van der Waals surface area contributed by atoms with Crippen molar-refractivity contribution in [2.75, 3.05) is 0 Å². The average molecular weight is 231 g/mol. The number of aliphatic hydroxyl groups excluding tert-OH is 1. The second-order valence-electron chi connectivity index (χ2n) is 4.60. The normalized spacial score (nSPS) is 18.2. The fourth-order valence-corrected chi connectivity index (χ4v) is 2.37. The van der Waals surface area contributed by atoms with Crippen molar-refractivity contribution < 1.29 is 9.90 Å². The molecule has 3 nitrogen and oxygen atoms in total. The molecule has 0 bridgehead atoms. The lowest BCUT2D eigenvalue weighted by Crippen LogP contribution is -2.34. The van der Waals surface area contributed by atoms with E-state index >= 15 is 0 Å². The van der Waals surface area contributed by atoms with Crippen molar-refractivity contribution in [1.82, 2.24) is 4.90 Å². The van der Waals surface area contributed by atoms with E-state index in [1.54, 1.807) is 11.8 Å². The van der Waals surface area contributed by atoms with Crippen LogP contribution in [-0.4, -0.2) is 28.1 Å². The van der Waals surface area contributed by atoms with Gasteiger partial charge in [0.2, 0.25) is 0 Å². The number of nitrogens with zero attached hydrogens (tertiary/aromatic N) is 1. The van der Waals surface area contributed by atoms with Gasteiger partial charge < -0.3 is 10.0 Å². The number of hydrogen-bond donors (Lipinski definition) is 1. The minimum absolute atomic E-state index is 0.0150. The molecule has 2 atom stereocenters. The lowest BCUT2D eigenvalue weighted by atomic mass is 10.1. The van der Waals surface area contributed by atoms with Crippen molar-refractivity contribution in [3.8, 4) is 0 Å². The second-order valence-corrected chi connectivity index (χ2v) is 4.60. The summed E-state index contributed by atoms with van der Waals surface area (Å²) < 4.78 is 0. The highest BCUT2D eigenvalue weighted by atomic mass is 16.3. The first kappa shape index (κ1) is 11.9. The van der Waals surface area contributed by atoms with Crippen LogP contribution < -0.4 is 0 Å². The van der Waals surface area contributed by atoms with Gasteiger partial charge in [-0.2, -0.15) is 0 Å². The van der Waals surface area contributed by atoms with E-state index in [0.717, 1.165) is 11.3 Å². The third-order valence-corrected chi connectivity index (χ3v) is 3.10. The molecule has 17 heavy (non-hydrogen) atoms. The Morgan fingerprint density at radius 3 is 2.41 bits per heavy atom. The molecule has 1 aliphatic heterocycles. The first-order chi connectivity index (χ1) is 8.02. The van der Waals surface area contributed by atoms with Crippen molar-refractivity contribution in [2.45, 2.75) is 32.4 Å². The number of fused-ring (bicyclic) bond motifs is 1. The molecule has 0 fully saturated rings. The van der Waals surface area contributed by atoms with E-state index < -0.39 is 6.10 Å². The summed E-state index contributed by atoms with van der Waals surface area (Å²) in [7, 11) is 0. The Hall–Kier alpha value is -1.61. The van der Waals surface area contributed by atoms with Crippen LogP contribution in [0.15, 0.2) is 30.8 Å². The summed E-state index contributed by atoms with van der Waals surface area (Å²) in [6, 6.07) is 7.44. The van der Waals surface area contributed by atoms with Gasteiger partial charge >= 0.3 is 0 Å². The molecular weight excluding hydrogens is 214 g/mol. The van der Waals surface area contributed by atoms with Gasteiger partial charge in [-0.15, -0.1) is 0 Å². The standard InChI is InChI=1S/C14H17NO2/c1-9(8-10(2)16)15-11(3)12-6-4-5-7-13(12)14(15)17/h4-7,9-10,16H,3,8H2,1-2H3. The lowest BCUT2D eigenvalue weighted by molar-refractivity contribution is 0.0768. The Balaban J connectivity index is 2.30. The fourth-order valence-electron chi connectivity index (χ4n) is 2.37. The number of benzene rings is 1. The SMILES string of the molecule is C=C1c2ccccc2C(=O)N1C(C)CC(C)O. The zero-order valence-electron chi connectivity index (χ0n) is 10.2. The summed E-state index contributed by atoms with van der Waals surface area (Å²) >= 11 is 0. The maximum absolute atomic E-state index is 12.2. The van der Waals surface area contributed by atoms with Crippen LogP contribution in [0.2, 0.25) is 0 Å². The Morgan fingerprint density at radius 2 is 1.88 bits per heavy atom. The first-order valence-corrected chi connectivity index (χ1v) is 5.82.